The maximum absolute atomic E-state index is 11.5. The highest BCUT2D eigenvalue weighted by Gasteiger charge is 2.07. The van der Waals surface area contributed by atoms with Crippen molar-refractivity contribution in [3.63, 3.8) is 0 Å². The van der Waals surface area contributed by atoms with Gasteiger partial charge in [0.25, 0.3) is 0 Å². The fraction of sp³-hybridized carbons (Fsp3) is 0.500. The number of thiazole rings is 1. The first-order chi connectivity index (χ1) is 6.03. The first-order valence-corrected chi connectivity index (χ1v) is 7.03. The smallest absolute Gasteiger partial charge is 0.196 e. The van der Waals surface area contributed by atoms with Crippen molar-refractivity contribution in [3.05, 3.63) is 9.98 Å². The number of nitrogens with zero attached hydrogens (tertiary/aromatic N) is 1. The molecule has 0 amide bonds. The van der Waals surface area contributed by atoms with Crippen LogP contribution in [0.15, 0.2) is 9.98 Å². The van der Waals surface area contributed by atoms with Crippen LogP contribution >= 0.6 is 27.3 Å². The fourth-order valence-corrected chi connectivity index (χ4v) is 3.32. The molecular formula is C6H10BrN3OS2. The second-order valence-corrected chi connectivity index (χ2v) is 6.82. The lowest BCUT2D eigenvalue weighted by atomic mass is 10.6. The first-order valence-electron chi connectivity index (χ1n) is 3.69. The molecule has 0 bridgehead atoms. The van der Waals surface area contributed by atoms with E-state index in [2.05, 4.69) is 25.6 Å². The molecule has 7 heteroatoms. The van der Waals surface area contributed by atoms with E-state index in [1.165, 1.54) is 11.3 Å². The second kappa shape index (κ2) is 4.39. The van der Waals surface area contributed by atoms with Gasteiger partial charge in [-0.15, -0.1) is 0 Å². The SMILES string of the molecule is CCCS(=N)(=O)Nc1ncc(Br)s1. The van der Waals surface area contributed by atoms with Crippen molar-refractivity contribution in [2.75, 3.05) is 10.5 Å². The molecule has 0 saturated heterocycles. The minimum Gasteiger partial charge on any atom is -0.275 e. The molecule has 0 aliphatic rings. The molecule has 0 aliphatic heterocycles. The summed E-state index contributed by atoms with van der Waals surface area (Å²) in [6.45, 7) is 1.90. The Balaban J connectivity index is 2.69. The van der Waals surface area contributed by atoms with Crippen LogP contribution in [0, 0.1) is 4.78 Å². The summed E-state index contributed by atoms with van der Waals surface area (Å²) in [7, 11) is -2.69. The molecule has 4 nitrogen and oxygen atoms in total. The maximum Gasteiger partial charge on any atom is 0.196 e. The molecule has 0 aromatic carbocycles. The number of aromatic nitrogens is 1. The molecule has 13 heavy (non-hydrogen) atoms. The van der Waals surface area contributed by atoms with Gasteiger partial charge in [0, 0.05) is 5.75 Å². The van der Waals surface area contributed by atoms with Crippen molar-refractivity contribution in [3.8, 4) is 0 Å². The van der Waals surface area contributed by atoms with E-state index in [0.717, 1.165) is 10.2 Å². The van der Waals surface area contributed by atoms with Gasteiger partial charge in [-0.3, -0.25) is 4.72 Å². The van der Waals surface area contributed by atoms with Gasteiger partial charge in [0.2, 0.25) is 0 Å². The van der Waals surface area contributed by atoms with E-state index in [-0.39, 0.29) is 0 Å². The number of hydrogen-bond donors (Lipinski definition) is 2. The Hall–Kier alpha value is -0.140. The summed E-state index contributed by atoms with van der Waals surface area (Å²) in [5, 5.41) is 0.528. The molecule has 0 spiro atoms. The molecule has 0 saturated carbocycles. The third kappa shape index (κ3) is 3.61. The van der Waals surface area contributed by atoms with E-state index in [0.29, 0.717) is 10.9 Å². The molecule has 1 heterocycles. The lowest BCUT2D eigenvalue weighted by Crippen LogP contribution is -2.14. The molecule has 0 radical (unpaired) electrons. The molecule has 2 N–H and O–H groups in total. The van der Waals surface area contributed by atoms with Gasteiger partial charge in [0.1, 0.15) is 9.92 Å². The average Bonchev–Trinajstić information content (AvgIpc) is 2.34. The van der Waals surface area contributed by atoms with Crippen LogP contribution in [0.1, 0.15) is 13.3 Å². The summed E-state index contributed by atoms with van der Waals surface area (Å²) in [4.78, 5) is 3.94. The number of halogens is 1. The van der Waals surface area contributed by atoms with E-state index >= 15 is 0 Å². The molecule has 1 aromatic heterocycles. The van der Waals surface area contributed by atoms with Crippen LogP contribution in [-0.4, -0.2) is 14.9 Å². The van der Waals surface area contributed by atoms with Crippen LogP contribution < -0.4 is 4.72 Å². The van der Waals surface area contributed by atoms with Crippen LogP contribution in [0.5, 0.6) is 0 Å². The topological polar surface area (TPSA) is 65.8 Å². The first kappa shape index (κ1) is 10.9. The Bertz CT molecular complexity index is 373. The summed E-state index contributed by atoms with van der Waals surface area (Å²) in [5.41, 5.74) is 0. The molecule has 1 aromatic rings. The highest BCUT2D eigenvalue weighted by molar-refractivity contribution is 9.11. The second-order valence-electron chi connectivity index (χ2n) is 2.45. The third-order valence-electron chi connectivity index (χ3n) is 1.22. The van der Waals surface area contributed by atoms with Crippen LogP contribution in [0.3, 0.4) is 0 Å². The lowest BCUT2D eigenvalue weighted by molar-refractivity contribution is 0.677. The summed E-state index contributed by atoms with van der Waals surface area (Å²) in [6, 6.07) is 0. The molecule has 0 aliphatic carbocycles. The Kier molecular flexibility index (Phi) is 3.69. The van der Waals surface area contributed by atoms with Crippen molar-refractivity contribution >= 4 is 42.3 Å². The normalized spacial score (nSPS) is 15.2. The van der Waals surface area contributed by atoms with Crippen molar-refractivity contribution < 1.29 is 4.21 Å². The van der Waals surface area contributed by atoms with E-state index in [4.69, 9.17) is 4.78 Å². The number of nitrogens with one attached hydrogen (secondary N) is 2. The zero-order valence-corrected chi connectivity index (χ0v) is 10.3. The zero-order chi connectivity index (χ0) is 9.90. The van der Waals surface area contributed by atoms with Crippen molar-refractivity contribution in [1.29, 1.82) is 4.78 Å². The minimum absolute atomic E-state index is 0.351. The summed E-state index contributed by atoms with van der Waals surface area (Å²) < 4.78 is 22.4. The van der Waals surface area contributed by atoms with Gasteiger partial charge in [-0.05, 0) is 22.4 Å². The molecule has 1 rings (SSSR count). The van der Waals surface area contributed by atoms with Crippen molar-refractivity contribution in [2.45, 2.75) is 13.3 Å². The minimum atomic E-state index is -2.69. The lowest BCUT2D eigenvalue weighted by Gasteiger charge is -2.05. The highest BCUT2D eigenvalue weighted by atomic mass is 79.9. The molecule has 1 atom stereocenters. The van der Waals surface area contributed by atoms with Gasteiger partial charge >= 0.3 is 0 Å². The monoisotopic (exact) mass is 283 g/mol. The Morgan fingerprint density at radius 2 is 2.54 bits per heavy atom. The Labute approximate surface area is 90.0 Å². The van der Waals surface area contributed by atoms with E-state index in [9.17, 15) is 4.21 Å². The fourth-order valence-electron chi connectivity index (χ4n) is 0.781. The Morgan fingerprint density at radius 1 is 1.85 bits per heavy atom. The summed E-state index contributed by atoms with van der Waals surface area (Å²) >= 11 is 4.58. The van der Waals surface area contributed by atoms with Crippen LogP contribution in [-0.2, 0) is 9.92 Å². The molecular weight excluding hydrogens is 274 g/mol. The predicted molar refractivity (Wildman–Crippen MR) is 59.5 cm³/mol. The predicted octanol–water partition coefficient (Wildman–Crippen LogP) is 2.69. The van der Waals surface area contributed by atoms with Gasteiger partial charge in [0.15, 0.2) is 5.13 Å². The quantitative estimate of drug-likeness (QED) is 0.892. The van der Waals surface area contributed by atoms with Crippen molar-refractivity contribution in [1.82, 2.24) is 4.98 Å². The van der Waals surface area contributed by atoms with Gasteiger partial charge < -0.3 is 0 Å². The van der Waals surface area contributed by atoms with E-state index in [1.807, 2.05) is 6.92 Å². The summed E-state index contributed by atoms with van der Waals surface area (Å²) in [6.07, 6.45) is 2.34. The van der Waals surface area contributed by atoms with Gasteiger partial charge in [-0.25, -0.2) is 14.0 Å². The standard InChI is InChI=1S/C6H10BrN3OS2/c1-2-3-13(8,11)10-6-9-4-5(7)12-6/h4H,2-3H2,1H3,(H2,8,9,10,11). The zero-order valence-electron chi connectivity index (χ0n) is 7.04. The van der Waals surface area contributed by atoms with Crippen LogP contribution in [0.2, 0.25) is 0 Å². The third-order valence-corrected chi connectivity index (χ3v) is 4.25. The van der Waals surface area contributed by atoms with Gasteiger partial charge in [-0.1, -0.05) is 18.3 Å². The van der Waals surface area contributed by atoms with Crippen LogP contribution in [0.25, 0.3) is 0 Å². The Morgan fingerprint density at radius 3 is 3.00 bits per heavy atom. The maximum atomic E-state index is 11.5. The van der Waals surface area contributed by atoms with Crippen LogP contribution in [0.4, 0.5) is 5.13 Å². The molecule has 0 fully saturated rings. The molecule has 1 unspecified atom stereocenters. The number of anilines is 1. The van der Waals surface area contributed by atoms with E-state index < -0.39 is 9.92 Å². The van der Waals surface area contributed by atoms with Crippen molar-refractivity contribution in [2.24, 2.45) is 0 Å². The largest absolute Gasteiger partial charge is 0.275 e. The highest BCUT2D eigenvalue weighted by Crippen LogP contribution is 2.24. The van der Waals surface area contributed by atoms with Gasteiger partial charge in [0.05, 0.1) is 9.98 Å². The number of rotatable bonds is 4. The van der Waals surface area contributed by atoms with E-state index in [1.54, 1.807) is 6.20 Å². The average molecular weight is 284 g/mol. The molecule has 74 valence electrons. The van der Waals surface area contributed by atoms with Gasteiger partial charge in [-0.2, -0.15) is 0 Å². The summed E-state index contributed by atoms with van der Waals surface area (Å²) in [5.74, 6) is 0.351. The number of hydrogen-bond acceptors (Lipinski definition) is 4.